The molecule has 0 spiro atoms. The number of anilines is 2. The van der Waals surface area contributed by atoms with Gasteiger partial charge >= 0.3 is 6.03 Å². The highest BCUT2D eigenvalue weighted by Gasteiger charge is 2.16. The summed E-state index contributed by atoms with van der Waals surface area (Å²) >= 11 is 0. The molecule has 0 aliphatic rings. The van der Waals surface area contributed by atoms with Crippen LogP contribution in [0.15, 0.2) is 42.6 Å². The summed E-state index contributed by atoms with van der Waals surface area (Å²) < 4.78 is 0. The fourth-order valence-electron chi connectivity index (χ4n) is 2.58. The molecule has 156 valence electrons. The van der Waals surface area contributed by atoms with Crippen LogP contribution in [0.5, 0.6) is 0 Å². The van der Waals surface area contributed by atoms with Crippen molar-refractivity contribution >= 4 is 23.3 Å². The molecule has 3 amide bonds. The van der Waals surface area contributed by atoms with Gasteiger partial charge in [-0.15, -0.1) is 0 Å². The SMILES string of the molecule is CC(C)NC(=O)N(CCN(C)C)Cc1ccc(C(=O)Nc2ccccc2N)nc1. The number of carbonyl (C=O) groups is 2. The number of amides is 3. The molecular formula is C21H30N6O2. The Morgan fingerprint density at radius 2 is 1.83 bits per heavy atom. The number of pyridine rings is 1. The number of hydrogen-bond donors (Lipinski definition) is 3. The van der Waals surface area contributed by atoms with E-state index in [1.54, 1.807) is 41.4 Å². The van der Waals surface area contributed by atoms with E-state index in [2.05, 4.69) is 15.6 Å². The van der Waals surface area contributed by atoms with E-state index in [4.69, 9.17) is 5.73 Å². The van der Waals surface area contributed by atoms with Gasteiger partial charge in [-0.1, -0.05) is 18.2 Å². The maximum Gasteiger partial charge on any atom is 0.317 e. The Kier molecular flexibility index (Phi) is 7.97. The third kappa shape index (κ3) is 7.08. The lowest BCUT2D eigenvalue weighted by molar-refractivity contribution is 0.102. The van der Waals surface area contributed by atoms with Crippen molar-refractivity contribution in [2.45, 2.75) is 26.4 Å². The van der Waals surface area contributed by atoms with Gasteiger partial charge in [0.2, 0.25) is 0 Å². The summed E-state index contributed by atoms with van der Waals surface area (Å²) in [6.07, 6.45) is 1.62. The standard InChI is InChI=1S/C21H30N6O2/c1-15(2)24-21(29)27(12-11-26(3)4)14-16-9-10-19(23-13-16)20(28)25-18-8-6-5-7-17(18)22/h5-10,13,15H,11-12,14,22H2,1-4H3,(H,24,29)(H,25,28). The Labute approximate surface area is 172 Å². The summed E-state index contributed by atoms with van der Waals surface area (Å²) in [4.78, 5) is 32.9. The van der Waals surface area contributed by atoms with Crippen LogP contribution >= 0.6 is 0 Å². The molecule has 0 atom stereocenters. The average Bonchev–Trinajstić information content (AvgIpc) is 2.66. The van der Waals surface area contributed by atoms with Gasteiger partial charge in [0, 0.05) is 31.9 Å². The van der Waals surface area contributed by atoms with Crippen LogP contribution in [0, 0.1) is 0 Å². The molecule has 8 heteroatoms. The first-order chi connectivity index (χ1) is 13.8. The van der Waals surface area contributed by atoms with Crippen molar-refractivity contribution < 1.29 is 9.59 Å². The topological polar surface area (TPSA) is 104 Å². The molecule has 0 radical (unpaired) electrons. The largest absolute Gasteiger partial charge is 0.397 e. The lowest BCUT2D eigenvalue weighted by Crippen LogP contribution is -2.45. The number of hydrogen-bond acceptors (Lipinski definition) is 5. The van der Waals surface area contributed by atoms with Gasteiger partial charge in [0.05, 0.1) is 11.4 Å². The van der Waals surface area contributed by atoms with Gasteiger partial charge in [-0.05, 0) is 51.7 Å². The van der Waals surface area contributed by atoms with E-state index in [9.17, 15) is 9.59 Å². The van der Waals surface area contributed by atoms with Gasteiger partial charge in [0.15, 0.2) is 0 Å². The summed E-state index contributed by atoms with van der Waals surface area (Å²) in [5.74, 6) is -0.337. The normalized spacial score (nSPS) is 10.8. The van der Waals surface area contributed by atoms with E-state index >= 15 is 0 Å². The number of nitrogens with zero attached hydrogens (tertiary/aromatic N) is 3. The van der Waals surface area contributed by atoms with Crippen LogP contribution in [0.4, 0.5) is 16.2 Å². The first kappa shape index (κ1) is 22.2. The van der Waals surface area contributed by atoms with Gasteiger partial charge in [-0.25, -0.2) is 4.79 Å². The number of carbonyl (C=O) groups excluding carboxylic acids is 2. The number of aromatic nitrogens is 1. The van der Waals surface area contributed by atoms with E-state index in [1.807, 2.05) is 38.9 Å². The molecule has 29 heavy (non-hydrogen) atoms. The molecule has 1 aromatic heterocycles. The van der Waals surface area contributed by atoms with Gasteiger partial charge in [0.25, 0.3) is 5.91 Å². The molecule has 4 N–H and O–H groups in total. The molecule has 0 aliphatic heterocycles. The van der Waals surface area contributed by atoms with Crippen molar-refractivity contribution in [2.24, 2.45) is 0 Å². The summed E-state index contributed by atoms with van der Waals surface area (Å²) in [6.45, 7) is 5.60. The van der Waals surface area contributed by atoms with Crippen LogP contribution < -0.4 is 16.4 Å². The van der Waals surface area contributed by atoms with Crippen molar-refractivity contribution in [1.82, 2.24) is 20.1 Å². The first-order valence-electron chi connectivity index (χ1n) is 9.57. The zero-order chi connectivity index (χ0) is 21.4. The van der Waals surface area contributed by atoms with Gasteiger partial charge < -0.3 is 26.2 Å². The number of nitrogen functional groups attached to an aromatic ring is 1. The molecule has 2 aromatic rings. The molecular weight excluding hydrogens is 368 g/mol. The van der Waals surface area contributed by atoms with E-state index in [1.165, 1.54) is 0 Å². The smallest absolute Gasteiger partial charge is 0.317 e. The minimum atomic E-state index is -0.337. The maximum atomic E-state index is 12.5. The third-order valence-electron chi connectivity index (χ3n) is 4.16. The lowest BCUT2D eigenvalue weighted by atomic mass is 10.2. The summed E-state index contributed by atoms with van der Waals surface area (Å²) in [7, 11) is 3.93. The highest BCUT2D eigenvalue weighted by molar-refractivity contribution is 6.04. The van der Waals surface area contributed by atoms with Gasteiger partial charge in [-0.2, -0.15) is 0 Å². The Morgan fingerprint density at radius 1 is 1.10 bits per heavy atom. The van der Waals surface area contributed by atoms with Crippen molar-refractivity contribution in [3.63, 3.8) is 0 Å². The first-order valence-corrected chi connectivity index (χ1v) is 9.57. The Balaban J connectivity index is 2.05. The van der Waals surface area contributed by atoms with Crippen LogP contribution in [0.3, 0.4) is 0 Å². The molecule has 2 rings (SSSR count). The van der Waals surface area contributed by atoms with Crippen LogP contribution in [0.1, 0.15) is 29.9 Å². The zero-order valence-corrected chi connectivity index (χ0v) is 17.5. The van der Waals surface area contributed by atoms with Gasteiger partial charge in [0.1, 0.15) is 5.69 Å². The molecule has 0 saturated carbocycles. The number of nitrogens with one attached hydrogen (secondary N) is 2. The quantitative estimate of drug-likeness (QED) is 0.593. The number of benzene rings is 1. The molecule has 0 bridgehead atoms. The predicted molar refractivity (Wildman–Crippen MR) is 116 cm³/mol. The summed E-state index contributed by atoms with van der Waals surface area (Å²) in [5, 5.41) is 5.67. The number of rotatable bonds is 8. The third-order valence-corrected chi connectivity index (χ3v) is 4.16. The fourth-order valence-corrected chi connectivity index (χ4v) is 2.58. The second-order valence-corrected chi connectivity index (χ2v) is 7.42. The Hall–Kier alpha value is -3.13. The van der Waals surface area contributed by atoms with Crippen molar-refractivity contribution in [2.75, 3.05) is 38.2 Å². The van der Waals surface area contributed by atoms with E-state index in [0.29, 0.717) is 24.5 Å². The number of urea groups is 1. The van der Waals surface area contributed by atoms with Crippen LogP contribution in [-0.2, 0) is 6.54 Å². The average molecular weight is 399 g/mol. The minimum absolute atomic E-state index is 0.0546. The van der Waals surface area contributed by atoms with Crippen molar-refractivity contribution in [3.05, 3.63) is 53.9 Å². The lowest BCUT2D eigenvalue weighted by Gasteiger charge is -2.25. The summed E-state index contributed by atoms with van der Waals surface area (Å²) in [6, 6.07) is 10.4. The molecule has 1 heterocycles. The Bertz CT molecular complexity index is 820. The van der Waals surface area contributed by atoms with Crippen LogP contribution in [0.25, 0.3) is 0 Å². The Morgan fingerprint density at radius 3 is 2.41 bits per heavy atom. The monoisotopic (exact) mass is 398 g/mol. The minimum Gasteiger partial charge on any atom is -0.397 e. The van der Waals surface area contributed by atoms with Crippen LogP contribution in [0.2, 0.25) is 0 Å². The molecule has 0 saturated heterocycles. The second-order valence-electron chi connectivity index (χ2n) is 7.42. The zero-order valence-electron chi connectivity index (χ0n) is 17.5. The van der Waals surface area contributed by atoms with Gasteiger partial charge in [-0.3, -0.25) is 9.78 Å². The van der Waals surface area contributed by atoms with Crippen molar-refractivity contribution in [3.8, 4) is 0 Å². The van der Waals surface area contributed by atoms with E-state index in [-0.39, 0.29) is 23.7 Å². The second kappa shape index (κ2) is 10.4. The highest BCUT2D eigenvalue weighted by atomic mass is 16.2. The molecule has 8 nitrogen and oxygen atoms in total. The van der Waals surface area contributed by atoms with E-state index < -0.39 is 0 Å². The number of nitrogens with two attached hydrogens (primary N) is 1. The highest BCUT2D eigenvalue weighted by Crippen LogP contribution is 2.17. The summed E-state index contributed by atoms with van der Waals surface area (Å²) in [5.41, 5.74) is 8.02. The maximum absolute atomic E-state index is 12.5. The number of likely N-dealkylation sites (N-methyl/N-ethyl adjacent to an activating group) is 1. The van der Waals surface area contributed by atoms with E-state index in [0.717, 1.165) is 12.1 Å². The number of para-hydroxylation sites is 2. The molecule has 0 fully saturated rings. The van der Waals surface area contributed by atoms with Crippen LogP contribution in [-0.4, -0.2) is 59.9 Å². The molecule has 0 aliphatic carbocycles. The molecule has 1 aromatic carbocycles. The molecule has 0 unspecified atom stereocenters. The van der Waals surface area contributed by atoms with Crippen molar-refractivity contribution in [1.29, 1.82) is 0 Å². The predicted octanol–water partition coefficient (Wildman–Crippen LogP) is 2.40. The fraction of sp³-hybridized carbons (Fsp3) is 0.381.